The maximum atomic E-state index is 6.16. The molecule has 0 spiro atoms. The summed E-state index contributed by atoms with van der Waals surface area (Å²) < 4.78 is 7.32. The third kappa shape index (κ3) is 4.21. The van der Waals surface area contributed by atoms with Crippen LogP contribution in [0.2, 0.25) is 5.02 Å². The average molecular weight is 295 g/mol. The molecule has 1 N–H and O–H groups in total. The smallest absolute Gasteiger partial charge is 0.219 e. The van der Waals surface area contributed by atoms with Gasteiger partial charge >= 0.3 is 0 Å². The highest BCUT2D eigenvalue weighted by Crippen LogP contribution is 2.23. The number of nitrogens with one attached hydrogen (secondary N) is 1. The topological polar surface area (TPSA) is 52.0 Å². The summed E-state index contributed by atoms with van der Waals surface area (Å²) in [5, 5.41) is 8.03. The van der Waals surface area contributed by atoms with Crippen molar-refractivity contribution in [3.8, 4) is 11.6 Å². The Balaban J connectivity index is 2.11. The van der Waals surface area contributed by atoms with E-state index in [1.54, 1.807) is 29.2 Å². The molecular formula is C14H19ClN4O. The fourth-order valence-electron chi connectivity index (χ4n) is 1.57. The van der Waals surface area contributed by atoms with Crippen molar-refractivity contribution >= 4 is 11.6 Å². The highest BCUT2D eigenvalue weighted by Gasteiger charge is 2.12. The van der Waals surface area contributed by atoms with Gasteiger partial charge in [0.25, 0.3) is 0 Å². The highest BCUT2D eigenvalue weighted by molar-refractivity contribution is 6.31. The average Bonchev–Trinajstić information content (AvgIpc) is 2.74. The van der Waals surface area contributed by atoms with Crippen LogP contribution in [0.5, 0.6) is 11.6 Å². The van der Waals surface area contributed by atoms with Crippen molar-refractivity contribution in [1.29, 1.82) is 0 Å². The van der Waals surface area contributed by atoms with E-state index in [0.717, 1.165) is 5.69 Å². The molecule has 0 atom stereocenters. The van der Waals surface area contributed by atoms with Crippen molar-refractivity contribution in [2.45, 2.75) is 32.9 Å². The van der Waals surface area contributed by atoms with Gasteiger partial charge in [0, 0.05) is 25.2 Å². The van der Waals surface area contributed by atoms with Gasteiger partial charge in [-0.15, -0.1) is 0 Å². The molecule has 6 heteroatoms. The molecule has 0 saturated carbocycles. The van der Waals surface area contributed by atoms with E-state index in [4.69, 9.17) is 16.3 Å². The van der Waals surface area contributed by atoms with Gasteiger partial charge in [0.05, 0.1) is 23.1 Å². The SMILES string of the molecule is Cn1cc(Oc2ccc(Cl)c(CNC(C)(C)C)n2)cn1. The first kappa shape index (κ1) is 14.8. The molecule has 0 aliphatic rings. The van der Waals surface area contributed by atoms with Crippen LogP contribution in [0.1, 0.15) is 26.5 Å². The third-order valence-corrected chi connectivity index (χ3v) is 2.93. The normalized spacial score (nSPS) is 11.7. The van der Waals surface area contributed by atoms with Gasteiger partial charge in [-0.05, 0) is 26.8 Å². The Morgan fingerprint density at radius 1 is 1.35 bits per heavy atom. The Morgan fingerprint density at radius 2 is 2.10 bits per heavy atom. The van der Waals surface area contributed by atoms with Gasteiger partial charge in [0.1, 0.15) is 0 Å². The van der Waals surface area contributed by atoms with Crippen molar-refractivity contribution in [3.63, 3.8) is 0 Å². The summed E-state index contributed by atoms with van der Waals surface area (Å²) in [4.78, 5) is 4.43. The van der Waals surface area contributed by atoms with Gasteiger partial charge in [-0.25, -0.2) is 4.98 Å². The first-order chi connectivity index (χ1) is 9.33. The van der Waals surface area contributed by atoms with Gasteiger partial charge in [-0.2, -0.15) is 5.10 Å². The van der Waals surface area contributed by atoms with Crippen molar-refractivity contribution in [3.05, 3.63) is 35.2 Å². The summed E-state index contributed by atoms with van der Waals surface area (Å²) in [6.07, 6.45) is 3.42. The first-order valence-electron chi connectivity index (χ1n) is 6.40. The lowest BCUT2D eigenvalue weighted by Gasteiger charge is -2.20. The molecule has 0 aliphatic carbocycles. The van der Waals surface area contributed by atoms with Gasteiger partial charge in [-0.3, -0.25) is 4.68 Å². The molecule has 20 heavy (non-hydrogen) atoms. The molecule has 2 rings (SSSR count). The summed E-state index contributed by atoms with van der Waals surface area (Å²) in [5.41, 5.74) is 0.772. The first-order valence-corrected chi connectivity index (χ1v) is 6.78. The number of hydrogen-bond donors (Lipinski definition) is 1. The summed E-state index contributed by atoms with van der Waals surface area (Å²) >= 11 is 6.16. The zero-order valence-corrected chi connectivity index (χ0v) is 12.9. The number of pyridine rings is 1. The maximum Gasteiger partial charge on any atom is 0.219 e. The van der Waals surface area contributed by atoms with Gasteiger partial charge < -0.3 is 10.1 Å². The minimum absolute atomic E-state index is 0.00518. The summed E-state index contributed by atoms with van der Waals surface area (Å²) in [5.74, 6) is 1.16. The second kappa shape index (κ2) is 5.81. The van der Waals surface area contributed by atoms with Crippen molar-refractivity contribution in [1.82, 2.24) is 20.1 Å². The van der Waals surface area contributed by atoms with Crippen LogP contribution in [0.3, 0.4) is 0 Å². The van der Waals surface area contributed by atoms with Crippen molar-refractivity contribution in [2.24, 2.45) is 7.05 Å². The Bertz CT molecular complexity index is 589. The van der Waals surface area contributed by atoms with E-state index >= 15 is 0 Å². The predicted molar refractivity (Wildman–Crippen MR) is 79.1 cm³/mol. The molecule has 0 bridgehead atoms. The number of rotatable bonds is 4. The van der Waals surface area contributed by atoms with Crippen LogP contribution in [0, 0.1) is 0 Å². The number of ether oxygens (including phenoxy) is 1. The molecule has 0 aliphatic heterocycles. The van der Waals surface area contributed by atoms with E-state index in [0.29, 0.717) is 23.2 Å². The van der Waals surface area contributed by atoms with Crippen molar-refractivity contribution < 1.29 is 4.74 Å². The van der Waals surface area contributed by atoms with Crippen LogP contribution < -0.4 is 10.1 Å². The molecular weight excluding hydrogens is 276 g/mol. The fraction of sp³-hybridized carbons (Fsp3) is 0.429. The second-order valence-electron chi connectivity index (χ2n) is 5.63. The Kier molecular flexibility index (Phi) is 4.30. The Hall–Kier alpha value is -1.59. The molecule has 0 radical (unpaired) electrons. The molecule has 2 aromatic heterocycles. The van der Waals surface area contributed by atoms with Crippen molar-refractivity contribution in [2.75, 3.05) is 0 Å². The lowest BCUT2D eigenvalue weighted by atomic mass is 10.1. The number of hydrogen-bond acceptors (Lipinski definition) is 4. The zero-order valence-electron chi connectivity index (χ0n) is 12.1. The number of aromatic nitrogens is 3. The molecule has 5 nitrogen and oxygen atoms in total. The van der Waals surface area contributed by atoms with Crippen LogP contribution in [-0.2, 0) is 13.6 Å². The number of nitrogens with zero attached hydrogens (tertiary/aromatic N) is 3. The van der Waals surface area contributed by atoms with Crippen LogP contribution in [0.15, 0.2) is 24.5 Å². The monoisotopic (exact) mass is 294 g/mol. The third-order valence-electron chi connectivity index (χ3n) is 2.58. The molecule has 108 valence electrons. The van der Waals surface area contributed by atoms with E-state index in [-0.39, 0.29) is 5.54 Å². The molecule has 0 aromatic carbocycles. The van der Waals surface area contributed by atoms with Crippen LogP contribution in [-0.4, -0.2) is 20.3 Å². The predicted octanol–water partition coefficient (Wildman–Crippen LogP) is 3.15. The minimum Gasteiger partial charge on any atom is -0.436 e. The van der Waals surface area contributed by atoms with E-state index in [1.165, 1.54) is 0 Å². The summed E-state index contributed by atoms with van der Waals surface area (Å²) in [7, 11) is 1.83. The summed E-state index contributed by atoms with van der Waals surface area (Å²) in [6, 6.07) is 3.54. The molecule has 0 fully saturated rings. The number of aryl methyl sites for hydroxylation is 1. The standard InChI is InChI=1S/C14H19ClN4O/c1-14(2,3)16-8-12-11(15)5-6-13(18-12)20-10-7-17-19(4)9-10/h5-7,9,16H,8H2,1-4H3. The molecule has 2 heterocycles. The Labute approximate surface area is 123 Å². The van der Waals surface area contributed by atoms with Gasteiger partial charge in [0.15, 0.2) is 5.75 Å². The molecule has 0 unspecified atom stereocenters. The highest BCUT2D eigenvalue weighted by atomic mass is 35.5. The van der Waals surface area contributed by atoms with Gasteiger partial charge in [0.2, 0.25) is 5.88 Å². The maximum absolute atomic E-state index is 6.16. The summed E-state index contributed by atoms with van der Waals surface area (Å²) in [6.45, 7) is 6.87. The van der Waals surface area contributed by atoms with Crippen LogP contribution in [0.25, 0.3) is 0 Å². The van der Waals surface area contributed by atoms with Gasteiger partial charge in [-0.1, -0.05) is 11.6 Å². The van der Waals surface area contributed by atoms with E-state index in [1.807, 2.05) is 7.05 Å². The van der Waals surface area contributed by atoms with E-state index in [2.05, 4.69) is 36.2 Å². The largest absolute Gasteiger partial charge is 0.436 e. The molecule has 2 aromatic rings. The fourth-order valence-corrected chi connectivity index (χ4v) is 1.74. The Morgan fingerprint density at radius 3 is 2.70 bits per heavy atom. The quantitative estimate of drug-likeness (QED) is 0.941. The lowest BCUT2D eigenvalue weighted by Crippen LogP contribution is -2.35. The lowest BCUT2D eigenvalue weighted by molar-refractivity contribution is 0.416. The molecule has 0 saturated heterocycles. The second-order valence-corrected chi connectivity index (χ2v) is 6.04. The van der Waals surface area contributed by atoms with E-state index < -0.39 is 0 Å². The number of halogens is 1. The van der Waals surface area contributed by atoms with Crippen LogP contribution in [0.4, 0.5) is 0 Å². The van der Waals surface area contributed by atoms with E-state index in [9.17, 15) is 0 Å². The zero-order chi connectivity index (χ0) is 14.8. The molecule has 0 amide bonds. The van der Waals surface area contributed by atoms with Crippen LogP contribution >= 0.6 is 11.6 Å². The minimum atomic E-state index is 0.00518.